The number of hydrogen-bond donors (Lipinski definition) is 1. The van der Waals surface area contributed by atoms with Crippen LogP contribution in [-0.2, 0) is 11.2 Å². The summed E-state index contributed by atoms with van der Waals surface area (Å²) >= 11 is 3.57. The number of halogens is 1. The second-order valence-electron chi connectivity index (χ2n) is 5.59. The molecule has 20 heavy (non-hydrogen) atoms. The summed E-state index contributed by atoms with van der Waals surface area (Å²) in [7, 11) is 0. The number of ether oxygens (including phenoxy) is 2. The van der Waals surface area contributed by atoms with Crippen molar-refractivity contribution in [2.45, 2.75) is 57.8 Å². The number of hydrogen-bond acceptors (Lipinski definition) is 3. The molecule has 3 atom stereocenters. The Bertz CT molecular complexity index is 438. The molecule has 3 unspecified atom stereocenters. The van der Waals surface area contributed by atoms with Gasteiger partial charge in [0.1, 0.15) is 12.4 Å². The first-order valence-corrected chi connectivity index (χ1v) is 8.20. The van der Waals surface area contributed by atoms with Crippen molar-refractivity contribution in [1.29, 1.82) is 0 Å². The van der Waals surface area contributed by atoms with Crippen LogP contribution in [0.1, 0.15) is 38.7 Å². The van der Waals surface area contributed by atoms with E-state index in [0.29, 0.717) is 12.7 Å². The molecule has 1 aromatic carbocycles. The highest BCUT2D eigenvalue weighted by atomic mass is 79.9. The van der Waals surface area contributed by atoms with Crippen molar-refractivity contribution in [2.75, 3.05) is 6.61 Å². The van der Waals surface area contributed by atoms with Gasteiger partial charge in [0.15, 0.2) is 0 Å². The maximum atomic E-state index is 5.98. The molecule has 0 bridgehead atoms. The van der Waals surface area contributed by atoms with Crippen LogP contribution in [0.5, 0.6) is 5.75 Å². The summed E-state index contributed by atoms with van der Waals surface area (Å²) in [6.07, 6.45) is 4.70. The second kappa shape index (κ2) is 7.43. The van der Waals surface area contributed by atoms with E-state index in [1.54, 1.807) is 0 Å². The van der Waals surface area contributed by atoms with Crippen molar-refractivity contribution < 1.29 is 9.47 Å². The average Bonchev–Trinajstić information content (AvgIpc) is 2.83. The van der Waals surface area contributed by atoms with Gasteiger partial charge in [-0.2, -0.15) is 0 Å². The minimum Gasteiger partial charge on any atom is -0.490 e. The maximum absolute atomic E-state index is 5.98. The molecule has 1 saturated heterocycles. The minimum absolute atomic E-state index is 0.224. The zero-order valence-corrected chi connectivity index (χ0v) is 13.9. The van der Waals surface area contributed by atoms with Gasteiger partial charge in [-0.3, -0.25) is 0 Å². The average molecular weight is 342 g/mol. The van der Waals surface area contributed by atoms with E-state index in [-0.39, 0.29) is 12.1 Å². The van der Waals surface area contributed by atoms with Gasteiger partial charge >= 0.3 is 0 Å². The molecule has 1 fully saturated rings. The molecular formula is C16H24BrNO2. The molecular weight excluding hydrogens is 318 g/mol. The van der Waals surface area contributed by atoms with E-state index >= 15 is 0 Å². The molecule has 0 aliphatic carbocycles. The third-order valence-corrected chi connectivity index (χ3v) is 4.38. The van der Waals surface area contributed by atoms with E-state index in [0.717, 1.165) is 35.9 Å². The smallest absolute Gasteiger partial charge is 0.133 e. The van der Waals surface area contributed by atoms with Gasteiger partial charge in [0, 0.05) is 6.04 Å². The van der Waals surface area contributed by atoms with Crippen molar-refractivity contribution in [1.82, 2.24) is 0 Å². The van der Waals surface area contributed by atoms with E-state index in [1.807, 2.05) is 6.07 Å². The predicted molar refractivity (Wildman–Crippen MR) is 85.2 cm³/mol. The fourth-order valence-corrected chi connectivity index (χ4v) is 2.97. The Balaban J connectivity index is 1.89. The molecule has 3 nitrogen and oxygen atoms in total. The molecule has 1 aliphatic heterocycles. The lowest BCUT2D eigenvalue weighted by atomic mass is 10.0. The fraction of sp³-hybridized carbons (Fsp3) is 0.625. The number of benzene rings is 1. The molecule has 1 heterocycles. The lowest BCUT2D eigenvalue weighted by Crippen LogP contribution is -2.21. The van der Waals surface area contributed by atoms with Gasteiger partial charge in [-0.15, -0.1) is 0 Å². The van der Waals surface area contributed by atoms with Crippen LogP contribution in [0.25, 0.3) is 0 Å². The largest absolute Gasteiger partial charge is 0.490 e. The minimum atomic E-state index is 0.224. The Hall–Kier alpha value is -0.580. The fourth-order valence-electron chi connectivity index (χ4n) is 2.43. The normalized spacial score (nSPS) is 23.8. The Morgan fingerprint density at radius 1 is 1.45 bits per heavy atom. The van der Waals surface area contributed by atoms with Crippen LogP contribution in [0, 0.1) is 0 Å². The van der Waals surface area contributed by atoms with Crippen LogP contribution < -0.4 is 10.5 Å². The third-order valence-electron chi connectivity index (χ3n) is 3.76. The molecule has 0 aromatic heterocycles. The van der Waals surface area contributed by atoms with Crippen LogP contribution in [0.15, 0.2) is 22.7 Å². The summed E-state index contributed by atoms with van der Waals surface area (Å²) in [5.41, 5.74) is 7.22. The number of nitrogens with two attached hydrogens (primary N) is 1. The molecule has 0 amide bonds. The lowest BCUT2D eigenvalue weighted by Gasteiger charge is -2.15. The van der Waals surface area contributed by atoms with Gasteiger partial charge in [0.25, 0.3) is 0 Å². The Kier molecular flexibility index (Phi) is 5.87. The predicted octanol–water partition coefficient (Wildman–Crippen LogP) is 3.68. The molecule has 4 heteroatoms. The highest BCUT2D eigenvalue weighted by molar-refractivity contribution is 9.10. The van der Waals surface area contributed by atoms with Gasteiger partial charge < -0.3 is 15.2 Å². The van der Waals surface area contributed by atoms with Crippen LogP contribution in [0.3, 0.4) is 0 Å². The summed E-state index contributed by atoms with van der Waals surface area (Å²) < 4.78 is 12.6. The summed E-state index contributed by atoms with van der Waals surface area (Å²) in [6, 6.07) is 6.43. The summed E-state index contributed by atoms with van der Waals surface area (Å²) in [6.45, 7) is 4.85. The molecule has 112 valence electrons. The Morgan fingerprint density at radius 3 is 2.85 bits per heavy atom. The summed E-state index contributed by atoms with van der Waals surface area (Å²) in [5, 5.41) is 0. The van der Waals surface area contributed by atoms with E-state index in [4.69, 9.17) is 15.2 Å². The molecule has 0 saturated carbocycles. The van der Waals surface area contributed by atoms with Gasteiger partial charge in [0.2, 0.25) is 0 Å². The molecule has 2 N–H and O–H groups in total. The van der Waals surface area contributed by atoms with Crippen LogP contribution >= 0.6 is 15.9 Å². The SMILES string of the molecule is CCC(N)Cc1ccc(OCC2CCC(C)O2)c(Br)c1. The third kappa shape index (κ3) is 4.47. The van der Waals surface area contributed by atoms with Crippen molar-refractivity contribution in [3.63, 3.8) is 0 Å². The first kappa shape index (κ1) is 15.8. The zero-order chi connectivity index (χ0) is 14.5. The van der Waals surface area contributed by atoms with Gasteiger partial charge in [-0.05, 0) is 66.2 Å². The molecule has 2 rings (SSSR count). The highest BCUT2D eigenvalue weighted by Gasteiger charge is 2.22. The standard InChI is InChI=1S/C16H24BrNO2/c1-3-13(18)8-12-5-7-16(15(17)9-12)19-10-14-6-4-11(2)20-14/h5,7,9,11,13-14H,3-4,6,8,10,18H2,1-2H3. The Labute approximate surface area is 130 Å². The van der Waals surface area contributed by atoms with E-state index in [9.17, 15) is 0 Å². The van der Waals surface area contributed by atoms with E-state index in [2.05, 4.69) is 41.9 Å². The maximum Gasteiger partial charge on any atom is 0.133 e. The van der Waals surface area contributed by atoms with E-state index < -0.39 is 0 Å². The quantitative estimate of drug-likeness (QED) is 0.858. The van der Waals surface area contributed by atoms with E-state index in [1.165, 1.54) is 5.56 Å². The van der Waals surface area contributed by atoms with Crippen LogP contribution in [0.2, 0.25) is 0 Å². The monoisotopic (exact) mass is 341 g/mol. The molecule has 1 aromatic rings. The molecule has 0 radical (unpaired) electrons. The summed E-state index contributed by atoms with van der Waals surface area (Å²) in [5.74, 6) is 0.877. The zero-order valence-electron chi connectivity index (χ0n) is 12.3. The van der Waals surface area contributed by atoms with Crippen LogP contribution in [-0.4, -0.2) is 24.9 Å². The number of rotatable bonds is 6. The van der Waals surface area contributed by atoms with Crippen molar-refractivity contribution in [3.05, 3.63) is 28.2 Å². The highest BCUT2D eigenvalue weighted by Crippen LogP contribution is 2.28. The second-order valence-corrected chi connectivity index (χ2v) is 6.45. The topological polar surface area (TPSA) is 44.5 Å². The molecule has 0 spiro atoms. The molecule has 1 aliphatic rings. The van der Waals surface area contributed by atoms with Gasteiger partial charge in [0.05, 0.1) is 16.7 Å². The first-order valence-electron chi connectivity index (χ1n) is 7.40. The lowest BCUT2D eigenvalue weighted by molar-refractivity contribution is 0.0263. The summed E-state index contributed by atoms with van der Waals surface area (Å²) in [4.78, 5) is 0. The van der Waals surface area contributed by atoms with Gasteiger partial charge in [-0.25, -0.2) is 0 Å². The first-order chi connectivity index (χ1) is 9.58. The Morgan fingerprint density at radius 2 is 2.25 bits per heavy atom. The van der Waals surface area contributed by atoms with Crippen molar-refractivity contribution in [2.24, 2.45) is 5.73 Å². The van der Waals surface area contributed by atoms with Gasteiger partial charge in [-0.1, -0.05) is 13.0 Å². The van der Waals surface area contributed by atoms with Crippen LogP contribution in [0.4, 0.5) is 0 Å². The van der Waals surface area contributed by atoms with Crippen molar-refractivity contribution in [3.8, 4) is 5.75 Å². The van der Waals surface area contributed by atoms with Crippen molar-refractivity contribution >= 4 is 15.9 Å².